The van der Waals surface area contributed by atoms with Crippen LogP contribution in [0.2, 0.25) is 0 Å². The van der Waals surface area contributed by atoms with Crippen LogP contribution in [0, 0.1) is 6.92 Å². The summed E-state index contributed by atoms with van der Waals surface area (Å²) in [7, 11) is -3.76. The molecule has 0 spiro atoms. The summed E-state index contributed by atoms with van der Waals surface area (Å²) in [6.45, 7) is 3.87. The second-order valence-electron chi connectivity index (χ2n) is 6.87. The molecule has 2 N–H and O–H groups in total. The number of hydrogen-bond donors (Lipinski definition) is 2. The van der Waals surface area contributed by atoms with Gasteiger partial charge in [0.15, 0.2) is 5.82 Å². The molecule has 0 bridgehead atoms. The fourth-order valence-electron chi connectivity index (χ4n) is 2.79. The van der Waals surface area contributed by atoms with Gasteiger partial charge in [-0.1, -0.05) is 50.6 Å². The van der Waals surface area contributed by atoms with E-state index < -0.39 is 10.0 Å². The van der Waals surface area contributed by atoms with Crippen LogP contribution in [0.15, 0.2) is 39.8 Å². The highest BCUT2D eigenvalue weighted by Gasteiger charge is 2.16. The Morgan fingerprint density at radius 3 is 2.29 bits per heavy atom. The van der Waals surface area contributed by atoms with Gasteiger partial charge in [0.25, 0.3) is 10.0 Å². The van der Waals surface area contributed by atoms with Gasteiger partial charge in [-0.25, -0.2) is 8.42 Å². The Morgan fingerprint density at radius 2 is 1.68 bits per heavy atom. The van der Waals surface area contributed by atoms with Gasteiger partial charge in [0.2, 0.25) is 5.91 Å². The third kappa shape index (κ3) is 7.34. The van der Waals surface area contributed by atoms with E-state index in [2.05, 4.69) is 22.1 Å². The number of nitrogens with one attached hydrogen (secondary N) is 2. The van der Waals surface area contributed by atoms with Crippen LogP contribution in [0.4, 0.5) is 11.5 Å². The van der Waals surface area contributed by atoms with E-state index >= 15 is 0 Å². The normalized spacial score (nSPS) is 11.4. The van der Waals surface area contributed by atoms with E-state index in [0.29, 0.717) is 17.9 Å². The summed E-state index contributed by atoms with van der Waals surface area (Å²) >= 11 is 0. The Morgan fingerprint density at radius 1 is 1.04 bits per heavy atom. The summed E-state index contributed by atoms with van der Waals surface area (Å²) in [5.41, 5.74) is 0.573. The molecule has 8 heteroatoms. The molecule has 1 aromatic carbocycles. The second-order valence-corrected chi connectivity index (χ2v) is 8.55. The van der Waals surface area contributed by atoms with Gasteiger partial charge in [0, 0.05) is 18.2 Å². The molecule has 0 fully saturated rings. The number of amides is 1. The number of sulfonamides is 1. The zero-order chi connectivity index (χ0) is 20.4. The van der Waals surface area contributed by atoms with Crippen molar-refractivity contribution in [3.8, 4) is 0 Å². The summed E-state index contributed by atoms with van der Waals surface area (Å²) in [6, 6.07) is 7.53. The number of benzene rings is 1. The standard InChI is InChI=1S/C20H29N3O4S/c1-3-4-5-6-7-8-9-10-20(24)21-17-11-13-18(14-12-17)28(25,26)23-19-15-16(2)27-22-19/h11-15H,3-10H2,1-2H3,(H,21,24)(H,22,23). The van der Waals surface area contributed by atoms with Crippen molar-refractivity contribution in [2.24, 2.45) is 0 Å². The quantitative estimate of drug-likeness (QED) is 0.489. The number of anilines is 2. The maximum atomic E-state index is 12.3. The van der Waals surface area contributed by atoms with Crippen LogP contribution in [0.5, 0.6) is 0 Å². The summed E-state index contributed by atoms with van der Waals surface area (Å²) in [5.74, 6) is 0.585. The predicted octanol–water partition coefficient (Wildman–Crippen LogP) is 4.86. The minimum atomic E-state index is -3.76. The van der Waals surface area contributed by atoms with Crippen LogP contribution in [-0.2, 0) is 14.8 Å². The van der Waals surface area contributed by atoms with E-state index in [-0.39, 0.29) is 16.6 Å². The van der Waals surface area contributed by atoms with E-state index in [1.54, 1.807) is 19.1 Å². The Hall–Kier alpha value is -2.35. The monoisotopic (exact) mass is 407 g/mol. The van der Waals surface area contributed by atoms with E-state index in [0.717, 1.165) is 19.3 Å². The third-order valence-electron chi connectivity index (χ3n) is 4.32. The smallest absolute Gasteiger partial charge is 0.263 e. The lowest BCUT2D eigenvalue weighted by atomic mass is 10.1. The van der Waals surface area contributed by atoms with Gasteiger partial charge in [0.1, 0.15) is 5.76 Å². The SMILES string of the molecule is CCCCCCCCCC(=O)Nc1ccc(S(=O)(=O)Nc2cc(C)on2)cc1. The number of rotatable bonds is 12. The lowest BCUT2D eigenvalue weighted by Crippen LogP contribution is -2.14. The molecule has 7 nitrogen and oxygen atoms in total. The maximum Gasteiger partial charge on any atom is 0.263 e. The van der Waals surface area contributed by atoms with Crippen molar-refractivity contribution in [2.75, 3.05) is 10.0 Å². The van der Waals surface area contributed by atoms with Crippen LogP contribution in [0.25, 0.3) is 0 Å². The molecule has 0 radical (unpaired) electrons. The van der Waals surface area contributed by atoms with Gasteiger partial charge in [-0.3, -0.25) is 9.52 Å². The molecule has 0 atom stereocenters. The van der Waals surface area contributed by atoms with E-state index in [4.69, 9.17) is 4.52 Å². The molecule has 28 heavy (non-hydrogen) atoms. The zero-order valence-electron chi connectivity index (χ0n) is 16.5. The van der Waals surface area contributed by atoms with Crippen molar-refractivity contribution in [3.63, 3.8) is 0 Å². The van der Waals surface area contributed by atoms with Crippen molar-refractivity contribution >= 4 is 27.4 Å². The van der Waals surface area contributed by atoms with Crippen LogP contribution in [-0.4, -0.2) is 19.5 Å². The van der Waals surface area contributed by atoms with Gasteiger partial charge in [-0.15, -0.1) is 0 Å². The van der Waals surface area contributed by atoms with Crippen molar-refractivity contribution in [1.29, 1.82) is 0 Å². The maximum absolute atomic E-state index is 12.3. The topological polar surface area (TPSA) is 101 Å². The molecule has 0 saturated heterocycles. The number of nitrogens with zero attached hydrogens (tertiary/aromatic N) is 1. The number of aryl methyl sites for hydroxylation is 1. The molecule has 1 heterocycles. The minimum absolute atomic E-state index is 0.0552. The second kappa shape index (κ2) is 10.8. The Kier molecular flexibility index (Phi) is 8.50. The molecule has 0 aliphatic carbocycles. The van der Waals surface area contributed by atoms with Gasteiger partial charge in [-0.2, -0.15) is 0 Å². The molecule has 2 aromatic rings. The van der Waals surface area contributed by atoms with Crippen molar-refractivity contribution in [1.82, 2.24) is 5.16 Å². The summed E-state index contributed by atoms with van der Waals surface area (Å²) in [6.07, 6.45) is 8.57. The Labute approximate surface area is 166 Å². The summed E-state index contributed by atoms with van der Waals surface area (Å²) in [5, 5.41) is 6.42. The number of aromatic nitrogens is 1. The molecular weight excluding hydrogens is 378 g/mol. The first kappa shape index (κ1) is 21.9. The first-order chi connectivity index (χ1) is 13.4. The predicted molar refractivity (Wildman–Crippen MR) is 110 cm³/mol. The Balaban J connectivity index is 1.78. The molecule has 0 aliphatic heterocycles. The van der Waals surface area contributed by atoms with Crippen LogP contribution < -0.4 is 10.0 Å². The molecule has 2 rings (SSSR count). The molecule has 154 valence electrons. The van der Waals surface area contributed by atoms with E-state index in [1.165, 1.54) is 43.9 Å². The number of carbonyl (C=O) groups excluding carboxylic acids is 1. The molecular formula is C20H29N3O4S. The average Bonchev–Trinajstić information content (AvgIpc) is 3.05. The molecule has 0 unspecified atom stereocenters. The first-order valence-corrected chi connectivity index (χ1v) is 11.2. The fraction of sp³-hybridized carbons (Fsp3) is 0.500. The highest BCUT2D eigenvalue weighted by atomic mass is 32.2. The third-order valence-corrected chi connectivity index (χ3v) is 5.69. The van der Waals surface area contributed by atoms with Gasteiger partial charge in [-0.05, 0) is 37.6 Å². The minimum Gasteiger partial charge on any atom is -0.360 e. The Bertz CT molecular complexity index is 845. The van der Waals surface area contributed by atoms with E-state index in [1.807, 2.05) is 0 Å². The van der Waals surface area contributed by atoms with Crippen molar-refractivity contribution in [2.45, 2.75) is 70.1 Å². The summed E-state index contributed by atoms with van der Waals surface area (Å²) < 4.78 is 31.9. The van der Waals surface area contributed by atoms with Gasteiger partial charge < -0.3 is 9.84 Å². The van der Waals surface area contributed by atoms with Crippen LogP contribution in [0.3, 0.4) is 0 Å². The van der Waals surface area contributed by atoms with Crippen LogP contribution in [0.1, 0.15) is 64.1 Å². The van der Waals surface area contributed by atoms with Gasteiger partial charge >= 0.3 is 0 Å². The van der Waals surface area contributed by atoms with E-state index in [9.17, 15) is 13.2 Å². The number of hydrogen-bond acceptors (Lipinski definition) is 5. The molecule has 0 aliphatic rings. The van der Waals surface area contributed by atoms with Crippen LogP contribution >= 0.6 is 0 Å². The number of unbranched alkanes of at least 4 members (excludes halogenated alkanes) is 6. The highest BCUT2D eigenvalue weighted by Crippen LogP contribution is 2.18. The highest BCUT2D eigenvalue weighted by molar-refractivity contribution is 7.92. The molecule has 1 amide bonds. The molecule has 0 saturated carbocycles. The first-order valence-electron chi connectivity index (χ1n) is 9.77. The van der Waals surface area contributed by atoms with Crippen molar-refractivity contribution in [3.05, 3.63) is 36.1 Å². The van der Waals surface area contributed by atoms with Gasteiger partial charge in [0.05, 0.1) is 4.90 Å². The molecule has 1 aromatic heterocycles. The lowest BCUT2D eigenvalue weighted by molar-refractivity contribution is -0.116. The van der Waals surface area contributed by atoms with Crippen molar-refractivity contribution < 1.29 is 17.7 Å². The number of carbonyl (C=O) groups is 1. The lowest BCUT2D eigenvalue weighted by Gasteiger charge is -2.08. The average molecular weight is 408 g/mol. The largest absolute Gasteiger partial charge is 0.360 e. The fourth-order valence-corrected chi connectivity index (χ4v) is 3.78. The zero-order valence-corrected chi connectivity index (χ0v) is 17.3. The summed E-state index contributed by atoms with van der Waals surface area (Å²) in [4.78, 5) is 12.1.